The molecule has 0 aliphatic rings. The van der Waals surface area contributed by atoms with Crippen LogP contribution in [0.5, 0.6) is 11.5 Å². The van der Waals surface area contributed by atoms with E-state index in [0.717, 1.165) is 36.7 Å². The van der Waals surface area contributed by atoms with Crippen LogP contribution in [0.3, 0.4) is 0 Å². The van der Waals surface area contributed by atoms with E-state index in [0.29, 0.717) is 0 Å². The Balaban J connectivity index is 1.84. The standard InChI is InChI=1S/C18H23O2PSSe/c1-19-17-7-3-15(4-8-17)11-13-21(22,23)14-12-16-5-9-18(20-2)10-6-16/h3-10H,11-14H2,1-2H3,(H,22,23). The van der Waals surface area contributed by atoms with Crippen LogP contribution in [0.1, 0.15) is 11.1 Å². The molecule has 2 aromatic rings. The second kappa shape index (κ2) is 8.99. The Morgan fingerprint density at radius 2 is 1.13 bits per heavy atom. The van der Waals surface area contributed by atoms with Crippen molar-refractivity contribution < 1.29 is 9.47 Å². The maximum absolute atomic E-state index is 5.20. The number of benzene rings is 2. The van der Waals surface area contributed by atoms with Gasteiger partial charge in [-0.1, -0.05) is 0 Å². The minimum absolute atomic E-state index is 0.906. The Morgan fingerprint density at radius 3 is 1.43 bits per heavy atom. The Bertz CT molecular complexity index is 600. The van der Waals surface area contributed by atoms with E-state index in [2.05, 4.69) is 39.4 Å². The summed E-state index contributed by atoms with van der Waals surface area (Å²) in [6.07, 6.45) is 4.32. The van der Waals surface area contributed by atoms with Crippen molar-refractivity contribution in [3.8, 4) is 11.5 Å². The molecule has 0 N–H and O–H groups in total. The number of methoxy groups -OCH3 is 2. The second-order valence-corrected chi connectivity index (χ2v) is 16.6. The Kier molecular flexibility index (Phi) is 7.30. The van der Waals surface area contributed by atoms with Gasteiger partial charge in [0, 0.05) is 0 Å². The number of hydrogen-bond donors (Lipinski definition) is 1. The molecule has 0 radical (unpaired) electrons. The third-order valence-electron chi connectivity index (χ3n) is 3.82. The molecule has 5 heteroatoms. The fourth-order valence-corrected chi connectivity index (χ4v) is 5.49. The summed E-state index contributed by atoms with van der Waals surface area (Å²) in [5, 5.41) is 0. The summed E-state index contributed by atoms with van der Waals surface area (Å²) in [6, 6.07) is 16.6. The van der Waals surface area contributed by atoms with Crippen molar-refractivity contribution in [2.24, 2.45) is 0 Å². The quantitative estimate of drug-likeness (QED) is 0.392. The topological polar surface area (TPSA) is 18.5 Å². The van der Waals surface area contributed by atoms with Crippen LogP contribution in [-0.2, 0) is 12.8 Å². The second-order valence-electron chi connectivity index (χ2n) is 5.49. The van der Waals surface area contributed by atoms with Crippen LogP contribution in [-0.4, -0.2) is 41.6 Å². The zero-order chi connectivity index (χ0) is 16.7. The van der Waals surface area contributed by atoms with Crippen molar-refractivity contribution in [2.75, 3.05) is 26.5 Å². The predicted molar refractivity (Wildman–Crippen MR) is 105 cm³/mol. The number of ether oxygens (including phenoxy) is 2. The third-order valence-corrected chi connectivity index (χ3v) is 9.16. The van der Waals surface area contributed by atoms with Crippen LogP contribution in [0.15, 0.2) is 48.5 Å². The number of hydrogen-bond acceptors (Lipinski definition) is 3. The van der Waals surface area contributed by atoms with Gasteiger partial charge in [-0.25, -0.2) is 0 Å². The molecule has 23 heavy (non-hydrogen) atoms. The summed E-state index contributed by atoms with van der Waals surface area (Å²) in [5.41, 5.74) is 2.67. The molecule has 0 aliphatic carbocycles. The first kappa shape index (κ1) is 18.7. The van der Waals surface area contributed by atoms with Gasteiger partial charge in [-0.15, -0.1) is 0 Å². The average molecular weight is 413 g/mol. The van der Waals surface area contributed by atoms with Gasteiger partial charge in [-0.3, -0.25) is 0 Å². The first-order chi connectivity index (χ1) is 11.0. The predicted octanol–water partition coefficient (Wildman–Crippen LogP) is 4.43. The zero-order valence-corrected chi connectivity index (χ0v) is 17.1. The molecule has 0 aromatic heterocycles. The van der Waals surface area contributed by atoms with E-state index >= 15 is 0 Å². The Hall–Kier alpha value is -0.661. The van der Waals surface area contributed by atoms with Crippen LogP contribution < -0.4 is 9.47 Å². The van der Waals surface area contributed by atoms with Gasteiger partial charge in [-0.05, 0) is 0 Å². The molecule has 2 nitrogen and oxygen atoms in total. The first-order valence-electron chi connectivity index (χ1n) is 7.59. The minimum atomic E-state index is -1.30. The van der Waals surface area contributed by atoms with E-state index < -0.39 is 4.71 Å². The van der Waals surface area contributed by atoms with Crippen molar-refractivity contribution in [1.29, 1.82) is 0 Å². The molecule has 2 aromatic carbocycles. The van der Waals surface area contributed by atoms with Crippen LogP contribution in [0.2, 0.25) is 0 Å². The van der Waals surface area contributed by atoms with Gasteiger partial charge in [0.15, 0.2) is 0 Å². The average Bonchev–Trinajstić information content (AvgIpc) is 2.59. The number of rotatable bonds is 8. The van der Waals surface area contributed by atoms with E-state index in [4.69, 9.17) is 21.7 Å². The summed E-state index contributed by atoms with van der Waals surface area (Å²) in [7, 11) is 3.39. The summed E-state index contributed by atoms with van der Waals surface area (Å²) < 4.78 is 9.09. The fourth-order valence-electron chi connectivity index (χ4n) is 2.30. The molecule has 0 saturated carbocycles. The Morgan fingerprint density at radius 1 is 0.783 bits per heavy atom. The van der Waals surface area contributed by atoms with Crippen LogP contribution in [0, 0.1) is 0 Å². The summed E-state index contributed by atoms with van der Waals surface area (Å²) in [5.74, 6) is 1.81. The van der Waals surface area contributed by atoms with Gasteiger partial charge in [0.1, 0.15) is 0 Å². The molecule has 124 valence electrons. The monoisotopic (exact) mass is 414 g/mol. The van der Waals surface area contributed by atoms with Gasteiger partial charge in [0.05, 0.1) is 0 Å². The van der Waals surface area contributed by atoms with Crippen molar-refractivity contribution in [2.45, 2.75) is 12.8 Å². The fraction of sp³-hybridized carbons (Fsp3) is 0.333. The van der Waals surface area contributed by atoms with Gasteiger partial charge >= 0.3 is 152 Å². The third kappa shape index (κ3) is 6.39. The van der Waals surface area contributed by atoms with Gasteiger partial charge in [0.2, 0.25) is 0 Å². The van der Waals surface area contributed by atoms with E-state index in [9.17, 15) is 0 Å². The van der Waals surface area contributed by atoms with Gasteiger partial charge in [-0.2, -0.15) is 0 Å². The molecule has 0 saturated heterocycles. The number of aryl methyl sites for hydroxylation is 2. The van der Waals surface area contributed by atoms with Crippen LogP contribution in [0.4, 0.5) is 0 Å². The van der Waals surface area contributed by atoms with Crippen LogP contribution in [0.25, 0.3) is 0 Å². The van der Waals surface area contributed by atoms with Crippen molar-refractivity contribution in [3.05, 3.63) is 59.7 Å². The van der Waals surface area contributed by atoms with Crippen molar-refractivity contribution in [3.63, 3.8) is 0 Å². The van der Waals surface area contributed by atoms with E-state index in [1.807, 2.05) is 24.3 Å². The first-order valence-corrected chi connectivity index (χ1v) is 13.1. The zero-order valence-electron chi connectivity index (χ0n) is 13.6. The van der Waals surface area contributed by atoms with Crippen molar-refractivity contribution >= 4 is 32.1 Å². The number of thiol groups is 1. The molecule has 0 atom stereocenters. The summed E-state index contributed by atoms with van der Waals surface area (Å²) in [6.45, 7) is 0. The molecule has 0 unspecified atom stereocenters. The molecular formula is C18H23O2PSSe. The van der Waals surface area contributed by atoms with Gasteiger partial charge in [0.25, 0.3) is 0 Å². The molecule has 2 rings (SSSR count). The summed E-state index contributed by atoms with van der Waals surface area (Å²) in [4.78, 5) is 0. The molecule has 0 fully saturated rings. The maximum atomic E-state index is 5.20. The SMILES string of the molecule is COc1ccc(CCP(S)(=[Se])CCc2ccc(OC)cc2)cc1. The molecule has 0 bridgehead atoms. The van der Waals surface area contributed by atoms with E-state index in [1.54, 1.807) is 14.2 Å². The Labute approximate surface area is 152 Å². The molecular weight excluding hydrogens is 390 g/mol. The molecule has 0 heterocycles. The van der Waals surface area contributed by atoms with E-state index in [-0.39, 0.29) is 0 Å². The van der Waals surface area contributed by atoms with Crippen molar-refractivity contribution in [1.82, 2.24) is 0 Å². The normalized spacial score (nSPS) is 11.3. The molecule has 0 spiro atoms. The van der Waals surface area contributed by atoms with Crippen LogP contribution >= 0.6 is 17.0 Å². The van der Waals surface area contributed by atoms with Gasteiger partial charge < -0.3 is 0 Å². The molecule has 0 aliphatic heterocycles. The van der Waals surface area contributed by atoms with E-state index in [1.165, 1.54) is 11.1 Å². The molecule has 0 amide bonds. The summed E-state index contributed by atoms with van der Waals surface area (Å²) >= 11 is 8.30.